The van der Waals surface area contributed by atoms with E-state index in [1.807, 2.05) is 25.1 Å². The zero-order valence-corrected chi connectivity index (χ0v) is 14.3. The summed E-state index contributed by atoms with van der Waals surface area (Å²) in [6.07, 6.45) is 1.74. The van der Waals surface area contributed by atoms with E-state index in [4.69, 9.17) is 21.1 Å². The molecule has 122 valence electrons. The van der Waals surface area contributed by atoms with Crippen molar-refractivity contribution in [2.24, 2.45) is 0 Å². The Labute approximate surface area is 145 Å². The standard InChI is InChI=1S/C19H16ClNO3/c1-11-8-12(19(22)24-3)9-16-14(6-7-21-18(11)16)15-5-4-13(23-2)10-17(15)20/h4-10H,1-3H3. The van der Waals surface area contributed by atoms with Crippen LogP contribution < -0.4 is 4.74 Å². The van der Waals surface area contributed by atoms with Gasteiger partial charge in [0.2, 0.25) is 0 Å². The number of hydrogen-bond donors (Lipinski definition) is 0. The third-order valence-electron chi connectivity index (χ3n) is 3.92. The number of ether oxygens (including phenoxy) is 2. The van der Waals surface area contributed by atoms with Gasteiger partial charge in [-0.3, -0.25) is 4.98 Å². The van der Waals surface area contributed by atoms with E-state index in [1.54, 1.807) is 31.5 Å². The monoisotopic (exact) mass is 341 g/mol. The first-order chi connectivity index (χ1) is 11.5. The maximum absolute atomic E-state index is 11.9. The fourth-order valence-electron chi connectivity index (χ4n) is 2.74. The van der Waals surface area contributed by atoms with Crippen molar-refractivity contribution in [1.82, 2.24) is 4.98 Å². The molecule has 2 aromatic carbocycles. The second-order valence-corrected chi connectivity index (χ2v) is 5.79. The van der Waals surface area contributed by atoms with Crippen LogP contribution in [0.15, 0.2) is 42.6 Å². The van der Waals surface area contributed by atoms with Crippen LogP contribution >= 0.6 is 11.6 Å². The van der Waals surface area contributed by atoms with E-state index in [9.17, 15) is 4.79 Å². The second-order valence-electron chi connectivity index (χ2n) is 5.39. The van der Waals surface area contributed by atoms with Crippen molar-refractivity contribution in [1.29, 1.82) is 0 Å². The van der Waals surface area contributed by atoms with E-state index in [2.05, 4.69) is 4.98 Å². The van der Waals surface area contributed by atoms with Gasteiger partial charge in [0, 0.05) is 17.1 Å². The molecule has 1 heterocycles. The second kappa shape index (κ2) is 6.49. The molecule has 0 aliphatic heterocycles. The number of aryl methyl sites for hydroxylation is 1. The first-order valence-corrected chi connectivity index (χ1v) is 7.74. The van der Waals surface area contributed by atoms with Crippen LogP contribution in [0.3, 0.4) is 0 Å². The van der Waals surface area contributed by atoms with Crippen LogP contribution in [0, 0.1) is 6.92 Å². The van der Waals surface area contributed by atoms with Gasteiger partial charge in [-0.1, -0.05) is 11.6 Å². The maximum Gasteiger partial charge on any atom is 0.337 e. The molecule has 3 aromatic rings. The van der Waals surface area contributed by atoms with Crippen LogP contribution in [0.5, 0.6) is 5.75 Å². The van der Waals surface area contributed by atoms with Crippen LogP contribution in [0.2, 0.25) is 5.02 Å². The number of pyridine rings is 1. The first kappa shape index (κ1) is 16.3. The van der Waals surface area contributed by atoms with Gasteiger partial charge in [-0.25, -0.2) is 4.79 Å². The number of esters is 1. The minimum Gasteiger partial charge on any atom is -0.497 e. The third-order valence-corrected chi connectivity index (χ3v) is 4.24. The Hall–Kier alpha value is -2.59. The van der Waals surface area contributed by atoms with Crippen molar-refractivity contribution < 1.29 is 14.3 Å². The number of carbonyl (C=O) groups is 1. The molecule has 0 bridgehead atoms. The van der Waals surface area contributed by atoms with Crippen molar-refractivity contribution >= 4 is 28.5 Å². The highest BCUT2D eigenvalue weighted by molar-refractivity contribution is 6.34. The van der Waals surface area contributed by atoms with Gasteiger partial charge in [-0.05, 0) is 54.4 Å². The molecule has 5 heteroatoms. The van der Waals surface area contributed by atoms with Crippen LogP contribution in [0.4, 0.5) is 0 Å². The molecule has 0 unspecified atom stereocenters. The molecular formula is C19H16ClNO3. The summed E-state index contributed by atoms with van der Waals surface area (Å²) >= 11 is 6.42. The van der Waals surface area contributed by atoms with Crippen molar-refractivity contribution in [2.45, 2.75) is 6.92 Å². The molecule has 1 aromatic heterocycles. The highest BCUT2D eigenvalue weighted by atomic mass is 35.5. The van der Waals surface area contributed by atoms with Crippen molar-refractivity contribution in [3.8, 4) is 16.9 Å². The molecular weight excluding hydrogens is 326 g/mol. The number of nitrogens with zero attached hydrogens (tertiary/aromatic N) is 1. The molecule has 0 spiro atoms. The summed E-state index contributed by atoms with van der Waals surface area (Å²) in [5.74, 6) is 0.309. The molecule has 3 rings (SSSR count). The number of benzene rings is 2. The fourth-order valence-corrected chi connectivity index (χ4v) is 3.02. The molecule has 0 aliphatic rings. The number of aromatic nitrogens is 1. The van der Waals surface area contributed by atoms with E-state index in [1.165, 1.54) is 7.11 Å². The summed E-state index contributed by atoms with van der Waals surface area (Å²) in [5.41, 5.74) is 3.97. The van der Waals surface area contributed by atoms with E-state index in [-0.39, 0.29) is 5.97 Å². The zero-order chi connectivity index (χ0) is 17.3. The molecule has 24 heavy (non-hydrogen) atoms. The number of methoxy groups -OCH3 is 2. The summed E-state index contributed by atoms with van der Waals surface area (Å²) in [6, 6.07) is 11.0. The first-order valence-electron chi connectivity index (χ1n) is 7.36. The van der Waals surface area contributed by atoms with Crippen molar-refractivity contribution in [3.63, 3.8) is 0 Å². The molecule has 0 amide bonds. The molecule has 0 atom stereocenters. The number of fused-ring (bicyclic) bond motifs is 1. The van der Waals surface area contributed by atoms with Gasteiger partial charge in [-0.15, -0.1) is 0 Å². The van der Waals surface area contributed by atoms with Crippen molar-refractivity contribution in [2.75, 3.05) is 14.2 Å². The Morgan fingerprint density at radius 1 is 1.08 bits per heavy atom. The molecule has 0 radical (unpaired) electrons. The van der Waals surface area contributed by atoms with Gasteiger partial charge in [0.25, 0.3) is 0 Å². The van der Waals surface area contributed by atoms with Crippen molar-refractivity contribution in [3.05, 3.63) is 58.7 Å². The van der Waals surface area contributed by atoms with Gasteiger partial charge < -0.3 is 9.47 Å². The van der Waals surface area contributed by atoms with Gasteiger partial charge >= 0.3 is 5.97 Å². The maximum atomic E-state index is 11.9. The molecule has 0 N–H and O–H groups in total. The van der Waals surface area contributed by atoms with E-state index >= 15 is 0 Å². The highest BCUT2D eigenvalue weighted by Crippen LogP contribution is 2.36. The smallest absolute Gasteiger partial charge is 0.337 e. The normalized spacial score (nSPS) is 10.7. The lowest BCUT2D eigenvalue weighted by Crippen LogP contribution is -2.02. The molecule has 0 aliphatic carbocycles. The minimum atomic E-state index is -0.379. The summed E-state index contributed by atoms with van der Waals surface area (Å²) in [6.45, 7) is 1.92. The number of carbonyl (C=O) groups excluding carboxylic acids is 1. The number of rotatable bonds is 3. The third kappa shape index (κ3) is 2.81. The Bertz CT molecular complexity index is 937. The van der Waals surface area contributed by atoms with Crippen LogP contribution in [-0.4, -0.2) is 25.2 Å². The predicted molar refractivity (Wildman–Crippen MR) is 94.8 cm³/mol. The Morgan fingerprint density at radius 3 is 2.54 bits per heavy atom. The quantitative estimate of drug-likeness (QED) is 0.650. The van der Waals surface area contributed by atoms with Crippen LogP contribution in [0.1, 0.15) is 15.9 Å². The predicted octanol–water partition coefficient (Wildman–Crippen LogP) is 4.66. The van der Waals surface area contributed by atoms with E-state index < -0.39 is 0 Å². The SMILES string of the molecule is COC(=O)c1cc(C)c2nccc(-c3ccc(OC)cc3Cl)c2c1. The minimum absolute atomic E-state index is 0.379. The summed E-state index contributed by atoms with van der Waals surface area (Å²) in [4.78, 5) is 16.4. The van der Waals surface area contributed by atoms with Gasteiger partial charge in [0.15, 0.2) is 0 Å². The number of halogens is 1. The lowest BCUT2D eigenvalue weighted by molar-refractivity contribution is 0.0601. The van der Waals surface area contributed by atoms with Gasteiger partial charge in [0.1, 0.15) is 5.75 Å². The van der Waals surface area contributed by atoms with Crippen LogP contribution in [-0.2, 0) is 4.74 Å². The summed E-state index contributed by atoms with van der Waals surface area (Å²) < 4.78 is 10.0. The van der Waals surface area contributed by atoms with Gasteiger partial charge in [-0.2, -0.15) is 0 Å². The Balaban J connectivity index is 2.28. The molecule has 0 saturated carbocycles. The number of hydrogen-bond acceptors (Lipinski definition) is 4. The van der Waals surface area contributed by atoms with E-state index in [0.717, 1.165) is 27.6 Å². The lowest BCUT2D eigenvalue weighted by atomic mass is 9.97. The molecule has 4 nitrogen and oxygen atoms in total. The summed E-state index contributed by atoms with van der Waals surface area (Å²) in [7, 11) is 2.96. The Kier molecular flexibility index (Phi) is 4.40. The zero-order valence-electron chi connectivity index (χ0n) is 13.6. The fraction of sp³-hybridized carbons (Fsp3) is 0.158. The van der Waals surface area contributed by atoms with Gasteiger partial charge in [0.05, 0.1) is 30.3 Å². The topological polar surface area (TPSA) is 48.4 Å². The molecule has 0 fully saturated rings. The summed E-state index contributed by atoms with van der Waals surface area (Å²) in [5, 5.41) is 1.42. The van der Waals surface area contributed by atoms with Crippen LogP contribution in [0.25, 0.3) is 22.0 Å². The largest absolute Gasteiger partial charge is 0.497 e. The Morgan fingerprint density at radius 2 is 1.88 bits per heavy atom. The average Bonchev–Trinajstić information content (AvgIpc) is 2.60. The molecule has 0 saturated heterocycles. The van der Waals surface area contributed by atoms with E-state index in [0.29, 0.717) is 16.3 Å². The highest BCUT2D eigenvalue weighted by Gasteiger charge is 2.14. The lowest BCUT2D eigenvalue weighted by Gasteiger charge is -2.12. The average molecular weight is 342 g/mol.